The molecular weight excluding hydrogens is 456 g/mol. The van der Waals surface area contributed by atoms with Crippen molar-refractivity contribution in [3.63, 3.8) is 0 Å². The van der Waals surface area contributed by atoms with E-state index in [2.05, 4.69) is 55.2 Å². The molecule has 0 amide bonds. The summed E-state index contributed by atoms with van der Waals surface area (Å²) in [4.78, 5) is 14.9. The summed E-state index contributed by atoms with van der Waals surface area (Å²) in [7, 11) is 1.77. The predicted octanol–water partition coefficient (Wildman–Crippen LogP) is 4.01. The lowest BCUT2D eigenvalue weighted by Crippen LogP contribution is -2.50. The third kappa shape index (κ3) is 3.21. The van der Waals surface area contributed by atoms with Gasteiger partial charge >= 0.3 is 0 Å². The molecule has 4 aromatic rings. The molecule has 0 spiro atoms. The third-order valence-electron chi connectivity index (χ3n) is 6.70. The quantitative estimate of drug-likeness (QED) is 0.479. The van der Waals surface area contributed by atoms with Crippen LogP contribution in [0.1, 0.15) is 35.2 Å². The number of methoxy groups -OCH3 is 1. The fraction of sp³-hybridized carbons (Fsp3) is 0.348. The van der Waals surface area contributed by atoms with Crippen molar-refractivity contribution >= 4 is 26.8 Å². The van der Waals surface area contributed by atoms with Crippen LogP contribution < -0.4 is 0 Å². The number of benzene rings is 1. The lowest BCUT2D eigenvalue weighted by atomic mass is 9.72. The van der Waals surface area contributed by atoms with Crippen molar-refractivity contribution in [1.82, 2.24) is 29.6 Å². The van der Waals surface area contributed by atoms with E-state index in [4.69, 9.17) is 14.8 Å². The topological polar surface area (TPSA) is 71.9 Å². The number of H-pyrrole nitrogens is 1. The molecule has 1 saturated heterocycles. The van der Waals surface area contributed by atoms with E-state index in [9.17, 15) is 0 Å². The highest BCUT2D eigenvalue weighted by atomic mass is 79.9. The summed E-state index contributed by atoms with van der Waals surface area (Å²) in [6.45, 7) is 1.51. The fourth-order valence-electron chi connectivity index (χ4n) is 5.41. The van der Waals surface area contributed by atoms with E-state index in [1.165, 1.54) is 22.0 Å². The summed E-state index contributed by atoms with van der Waals surface area (Å²) < 4.78 is 8.34. The summed E-state index contributed by atoms with van der Waals surface area (Å²) in [6, 6.07) is 9.06. The van der Waals surface area contributed by atoms with Crippen LogP contribution in [0.3, 0.4) is 0 Å². The number of ether oxygens (including phenoxy) is 1. The number of fused-ring (bicyclic) bond motifs is 2. The zero-order chi connectivity index (χ0) is 20.9. The Morgan fingerprint density at radius 3 is 3.10 bits per heavy atom. The summed E-state index contributed by atoms with van der Waals surface area (Å²) >= 11 is 3.48. The Hall–Kier alpha value is -2.55. The number of hydrogen-bond donors (Lipinski definition) is 1. The predicted molar refractivity (Wildman–Crippen MR) is 121 cm³/mol. The van der Waals surface area contributed by atoms with Crippen LogP contribution in [0, 0.1) is 0 Å². The van der Waals surface area contributed by atoms with E-state index in [0.29, 0.717) is 18.7 Å². The van der Waals surface area contributed by atoms with E-state index in [1.54, 1.807) is 25.8 Å². The fourth-order valence-corrected chi connectivity index (χ4v) is 5.77. The van der Waals surface area contributed by atoms with Gasteiger partial charge in [0.15, 0.2) is 5.82 Å². The molecule has 1 aliphatic carbocycles. The standard InChI is InChI=1S/C23H23BrN6O/c1-31-13-29-11-15(23-27-12-30(28-23)17-7-16(24)9-25-10-17)5-19-18-3-2-4-20-22(18)14(8-26-20)6-21(19)29/h2-4,7-10,12,15,19,21,26H,5-6,11,13H2,1H3/t15-,19?,21-/m1/s1. The number of aromatic nitrogens is 5. The van der Waals surface area contributed by atoms with Gasteiger partial charge in [-0.15, -0.1) is 0 Å². The van der Waals surface area contributed by atoms with E-state index in [0.717, 1.165) is 35.4 Å². The van der Waals surface area contributed by atoms with Crippen LogP contribution in [0.4, 0.5) is 0 Å². The Morgan fingerprint density at radius 2 is 2.23 bits per heavy atom. The maximum atomic E-state index is 5.60. The molecule has 1 aliphatic heterocycles. The highest BCUT2D eigenvalue weighted by Gasteiger charge is 2.42. The number of likely N-dealkylation sites (tertiary alicyclic amines) is 1. The van der Waals surface area contributed by atoms with Crippen LogP contribution in [0.5, 0.6) is 0 Å². The molecule has 6 rings (SSSR count). The maximum absolute atomic E-state index is 5.60. The van der Waals surface area contributed by atoms with Gasteiger partial charge in [-0.1, -0.05) is 12.1 Å². The Balaban J connectivity index is 1.37. The molecule has 0 radical (unpaired) electrons. The van der Waals surface area contributed by atoms with Crippen LogP contribution in [-0.4, -0.2) is 56.1 Å². The number of nitrogens with one attached hydrogen (secondary N) is 1. The molecule has 1 fully saturated rings. The lowest BCUT2D eigenvalue weighted by molar-refractivity contribution is -0.00188. The Labute approximate surface area is 188 Å². The van der Waals surface area contributed by atoms with Gasteiger partial charge in [0.1, 0.15) is 6.33 Å². The first kappa shape index (κ1) is 19.2. The molecule has 1 aromatic carbocycles. The molecule has 7 nitrogen and oxygen atoms in total. The van der Waals surface area contributed by atoms with Gasteiger partial charge in [0, 0.05) is 59.3 Å². The minimum absolute atomic E-state index is 0.244. The van der Waals surface area contributed by atoms with Gasteiger partial charge in [-0.25, -0.2) is 9.67 Å². The second-order valence-corrected chi connectivity index (χ2v) is 9.41. The van der Waals surface area contributed by atoms with Gasteiger partial charge in [-0.2, -0.15) is 5.10 Å². The van der Waals surface area contributed by atoms with Crippen molar-refractivity contribution in [3.05, 3.63) is 70.6 Å². The van der Waals surface area contributed by atoms with Gasteiger partial charge in [-0.3, -0.25) is 9.88 Å². The molecule has 1 unspecified atom stereocenters. The molecule has 3 atom stereocenters. The minimum Gasteiger partial charge on any atom is -0.369 e. The second kappa shape index (κ2) is 7.55. The van der Waals surface area contributed by atoms with Crippen molar-refractivity contribution in [2.24, 2.45) is 0 Å². The Morgan fingerprint density at radius 1 is 1.29 bits per heavy atom. The number of piperidine rings is 1. The first-order valence-electron chi connectivity index (χ1n) is 10.6. The largest absolute Gasteiger partial charge is 0.369 e. The number of pyridine rings is 1. The molecule has 2 aliphatic rings. The molecule has 4 heterocycles. The molecule has 31 heavy (non-hydrogen) atoms. The molecule has 8 heteroatoms. The zero-order valence-corrected chi connectivity index (χ0v) is 18.8. The summed E-state index contributed by atoms with van der Waals surface area (Å²) in [5.74, 6) is 1.56. The maximum Gasteiger partial charge on any atom is 0.155 e. The normalized spacial score (nSPS) is 23.2. The average molecular weight is 479 g/mol. The molecule has 1 N–H and O–H groups in total. The second-order valence-electron chi connectivity index (χ2n) is 8.49. The van der Waals surface area contributed by atoms with Gasteiger partial charge in [0.05, 0.1) is 18.6 Å². The number of rotatable bonds is 4. The van der Waals surface area contributed by atoms with E-state index in [-0.39, 0.29) is 5.92 Å². The molecule has 3 aromatic heterocycles. The number of halogens is 1. The van der Waals surface area contributed by atoms with Crippen molar-refractivity contribution < 1.29 is 4.74 Å². The zero-order valence-electron chi connectivity index (χ0n) is 17.2. The van der Waals surface area contributed by atoms with E-state index in [1.807, 2.05) is 10.7 Å². The smallest absolute Gasteiger partial charge is 0.155 e. The van der Waals surface area contributed by atoms with E-state index >= 15 is 0 Å². The minimum atomic E-state index is 0.244. The van der Waals surface area contributed by atoms with Crippen LogP contribution in [0.25, 0.3) is 16.6 Å². The Bertz CT molecular complexity index is 1250. The van der Waals surface area contributed by atoms with Crippen molar-refractivity contribution in [2.45, 2.75) is 30.7 Å². The SMILES string of the molecule is COCN1C[C@H](c2ncn(-c3cncc(Br)c3)n2)CC2c3cccc4[nH]cc(c34)C[C@H]21. The first-order chi connectivity index (χ1) is 15.2. The van der Waals surface area contributed by atoms with Crippen molar-refractivity contribution in [3.8, 4) is 5.69 Å². The van der Waals surface area contributed by atoms with Crippen LogP contribution in [0.2, 0.25) is 0 Å². The number of aromatic amines is 1. The molecule has 0 bridgehead atoms. The summed E-state index contributed by atoms with van der Waals surface area (Å²) in [5, 5.41) is 6.24. The average Bonchev–Trinajstić information content (AvgIpc) is 3.43. The highest BCUT2D eigenvalue weighted by molar-refractivity contribution is 9.10. The van der Waals surface area contributed by atoms with Gasteiger partial charge in [-0.05, 0) is 52.0 Å². The first-order valence-corrected chi connectivity index (χ1v) is 11.3. The van der Waals surface area contributed by atoms with Gasteiger partial charge in [0.25, 0.3) is 0 Å². The van der Waals surface area contributed by atoms with Crippen LogP contribution in [0.15, 0.2) is 53.7 Å². The Kier molecular flexibility index (Phi) is 4.66. The molecule has 0 saturated carbocycles. The highest BCUT2D eigenvalue weighted by Crippen LogP contribution is 2.46. The number of hydrogen-bond acceptors (Lipinski definition) is 5. The lowest BCUT2D eigenvalue weighted by Gasteiger charge is -2.46. The van der Waals surface area contributed by atoms with Crippen molar-refractivity contribution in [1.29, 1.82) is 0 Å². The molecule has 158 valence electrons. The third-order valence-corrected chi connectivity index (χ3v) is 7.13. The van der Waals surface area contributed by atoms with Gasteiger partial charge in [0.2, 0.25) is 0 Å². The van der Waals surface area contributed by atoms with Crippen LogP contribution >= 0.6 is 15.9 Å². The van der Waals surface area contributed by atoms with Crippen LogP contribution in [-0.2, 0) is 11.2 Å². The summed E-state index contributed by atoms with van der Waals surface area (Å²) in [5.41, 5.74) is 4.98. The van der Waals surface area contributed by atoms with Gasteiger partial charge < -0.3 is 9.72 Å². The molecular formula is C23H23BrN6O. The summed E-state index contributed by atoms with van der Waals surface area (Å²) in [6.07, 6.45) is 9.61. The monoisotopic (exact) mass is 478 g/mol. The van der Waals surface area contributed by atoms with E-state index < -0.39 is 0 Å². The number of nitrogens with zero attached hydrogens (tertiary/aromatic N) is 5. The van der Waals surface area contributed by atoms with Crippen molar-refractivity contribution in [2.75, 3.05) is 20.4 Å².